The molecular weight excluding hydrogens is 254 g/mol. The Labute approximate surface area is 122 Å². The molecule has 1 aromatic carbocycles. The van der Waals surface area contributed by atoms with Crippen LogP contribution in [0.3, 0.4) is 0 Å². The third-order valence-corrected chi connectivity index (χ3v) is 5.25. The zero-order valence-corrected chi connectivity index (χ0v) is 13.4. The van der Waals surface area contributed by atoms with Gasteiger partial charge in [-0.15, -0.1) is 0 Å². The number of hydrogen-bond donors (Lipinski definition) is 1. The van der Waals surface area contributed by atoms with E-state index in [2.05, 4.69) is 45.3 Å². The maximum Gasteiger partial charge on any atom is 0.0438 e. The van der Waals surface area contributed by atoms with Gasteiger partial charge in [-0.1, -0.05) is 43.9 Å². The Morgan fingerprint density at radius 2 is 1.74 bits per heavy atom. The van der Waals surface area contributed by atoms with Gasteiger partial charge in [-0.05, 0) is 61.9 Å². The Morgan fingerprint density at radius 1 is 1.11 bits per heavy atom. The number of halogens is 1. The molecule has 106 valence electrons. The minimum Gasteiger partial charge on any atom is -0.313 e. The first-order valence-corrected chi connectivity index (χ1v) is 7.79. The van der Waals surface area contributed by atoms with Crippen molar-refractivity contribution >= 4 is 11.6 Å². The third kappa shape index (κ3) is 2.98. The maximum absolute atomic E-state index is 6.23. The summed E-state index contributed by atoms with van der Waals surface area (Å²) in [6.07, 6.45) is 6.75. The van der Waals surface area contributed by atoms with Gasteiger partial charge >= 0.3 is 0 Å². The van der Waals surface area contributed by atoms with Gasteiger partial charge in [0.25, 0.3) is 0 Å². The number of nitrogens with one attached hydrogen (secondary N) is 1. The van der Waals surface area contributed by atoms with E-state index in [0.29, 0.717) is 11.5 Å². The average Bonchev–Trinajstić information content (AvgIpc) is 2.37. The van der Waals surface area contributed by atoms with Gasteiger partial charge in [0, 0.05) is 11.1 Å². The first-order chi connectivity index (χ1) is 8.98. The van der Waals surface area contributed by atoms with E-state index in [1.807, 2.05) is 0 Å². The summed E-state index contributed by atoms with van der Waals surface area (Å²) in [4.78, 5) is 0. The van der Waals surface area contributed by atoms with E-state index in [-0.39, 0.29) is 0 Å². The van der Waals surface area contributed by atoms with Crippen LogP contribution in [0.2, 0.25) is 5.02 Å². The van der Waals surface area contributed by atoms with E-state index in [1.54, 1.807) is 0 Å². The molecule has 1 aromatic rings. The zero-order chi connectivity index (χ0) is 14.0. The molecule has 0 heterocycles. The summed E-state index contributed by atoms with van der Waals surface area (Å²) in [5.41, 5.74) is 4.29. The normalized spacial score (nSPS) is 20.3. The van der Waals surface area contributed by atoms with Gasteiger partial charge in [0.2, 0.25) is 0 Å². The molecule has 1 nitrogen and oxygen atoms in total. The molecule has 0 aromatic heterocycles. The molecule has 1 unspecified atom stereocenters. The monoisotopic (exact) mass is 279 g/mol. The van der Waals surface area contributed by atoms with Crippen molar-refractivity contribution in [1.29, 1.82) is 0 Å². The van der Waals surface area contributed by atoms with Crippen molar-refractivity contribution in [2.24, 2.45) is 5.41 Å². The SMILES string of the molecule is CNC(c1cc(C)c(Cl)cc1C)C1(C)CCCCC1. The van der Waals surface area contributed by atoms with E-state index < -0.39 is 0 Å². The van der Waals surface area contributed by atoms with Crippen LogP contribution in [0.1, 0.15) is 61.8 Å². The van der Waals surface area contributed by atoms with Gasteiger partial charge in [0.05, 0.1) is 0 Å². The molecule has 2 heteroatoms. The van der Waals surface area contributed by atoms with Gasteiger partial charge in [-0.2, -0.15) is 0 Å². The highest BCUT2D eigenvalue weighted by Gasteiger charge is 2.36. The Bertz CT molecular complexity index is 447. The minimum atomic E-state index is 0.373. The molecule has 1 atom stereocenters. The summed E-state index contributed by atoms with van der Waals surface area (Å²) < 4.78 is 0. The molecule has 0 bridgehead atoms. The second-order valence-corrected chi connectivity index (χ2v) is 6.80. The zero-order valence-electron chi connectivity index (χ0n) is 12.6. The fourth-order valence-corrected chi connectivity index (χ4v) is 3.86. The van der Waals surface area contributed by atoms with E-state index in [0.717, 1.165) is 5.02 Å². The summed E-state index contributed by atoms with van der Waals surface area (Å²) in [7, 11) is 2.09. The summed E-state index contributed by atoms with van der Waals surface area (Å²) in [6, 6.07) is 4.82. The van der Waals surface area contributed by atoms with E-state index in [9.17, 15) is 0 Å². The first-order valence-electron chi connectivity index (χ1n) is 7.42. The summed E-state index contributed by atoms with van der Waals surface area (Å²) in [5, 5.41) is 4.45. The van der Waals surface area contributed by atoms with E-state index in [4.69, 9.17) is 11.6 Å². The van der Waals surface area contributed by atoms with Crippen molar-refractivity contribution in [1.82, 2.24) is 5.32 Å². The Kier molecular flexibility index (Phi) is 4.58. The van der Waals surface area contributed by atoms with Gasteiger partial charge in [0.15, 0.2) is 0 Å². The van der Waals surface area contributed by atoms with Crippen molar-refractivity contribution in [3.63, 3.8) is 0 Å². The first kappa shape index (κ1) is 14.9. The molecule has 0 radical (unpaired) electrons. The van der Waals surface area contributed by atoms with Crippen LogP contribution in [0.25, 0.3) is 0 Å². The standard InChI is InChI=1S/C17H26ClN/c1-12-11-15(18)13(2)10-14(12)16(19-4)17(3)8-6-5-7-9-17/h10-11,16,19H,5-9H2,1-4H3. The van der Waals surface area contributed by atoms with Crippen LogP contribution in [0.15, 0.2) is 12.1 Å². The number of hydrogen-bond acceptors (Lipinski definition) is 1. The predicted octanol–water partition coefficient (Wildman–Crippen LogP) is 5.19. The summed E-state index contributed by atoms with van der Waals surface area (Å²) in [6.45, 7) is 6.72. The third-order valence-electron chi connectivity index (χ3n) is 4.84. The molecule has 1 aliphatic rings. The van der Waals surface area contributed by atoms with Crippen molar-refractivity contribution < 1.29 is 0 Å². The van der Waals surface area contributed by atoms with Crippen LogP contribution in [0.4, 0.5) is 0 Å². The molecule has 1 aliphatic carbocycles. The predicted molar refractivity (Wildman–Crippen MR) is 83.9 cm³/mol. The van der Waals surface area contributed by atoms with Crippen LogP contribution >= 0.6 is 11.6 Å². The fraction of sp³-hybridized carbons (Fsp3) is 0.647. The van der Waals surface area contributed by atoms with Crippen LogP contribution < -0.4 is 5.32 Å². The second kappa shape index (κ2) is 5.85. The van der Waals surface area contributed by atoms with Gasteiger partial charge in [-0.3, -0.25) is 0 Å². The highest BCUT2D eigenvalue weighted by Crippen LogP contribution is 2.46. The lowest BCUT2D eigenvalue weighted by atomic mass is 9.68. The lowest BCUT2D eigenvalue weighted by Crippen LogP contribution is -2.36. The molecule has 19 heavy (non-hydrogen) atoms. The fourth-order valence-electron chi connectivity index (χ4n) is 3.64. The van der Waals surface area contributed by atoms with Crippen LogP contribution in [-0.4, -0.2) is 7.05 Å². The molecule has 0 saturated heterocycles. The van der Waals surface area contributed by atoms with Crippen molar-refractivity contribution in [3.05, 3.63) is 33.8 Å². The smallest absolute Gasteiger partial charge is 0.0438 e. The van der Waals surface area contributed by atoms with E-state index in [1.165, 1.54) is 48.8 Å². The molecule has 2 rings (SSSR count). The minimum absolute atomic E-state index is 0.373. The highest BCUT2D eigenvalue weighted by atomic mass is 35.5. The van der Waals surface area contributed by atoms with Crippen molar-refractivity contribution in [2.45, 2.75) is 58.9 Å². The van der Waals surface area contributed by atoms with Crippen LogP contribution in [0, 0.1) is 19.3 Å². The molecule has 0 spiro atoms. The summed E-state index contributed by atoms with van der Waals surface area (Å²) >= 11 is 6.23. The highest BCUT2D eigenvalue weighted by molar-refractivity contribution is 6.31. The topological polar surface area (TPSA) is 12.0 Å². The number of benzene rings is 1. The lowest BCUT2D eigenvalue weighted by molar-refractivity contribution is 0.150. The number of rotatable bonds is 3. The maximum atomic E-state index is 6.23. The molecule has 1 saturated carbocycles. The number of aryl methyl sites for hydroxylation is 2. The Hall–Kier alpha value is -0.530. The largest absolute Gasteiger partial charge is 0.313 e. The quantitative estimate of drug-likeness (QED) is 0.803. The van der Waals surface area contributed by atoms with Gasteiger partial charge in [-0.25, -0.2) is 0 Å². The average molecular weight is 280 g/mol. The Morgan fingerprint density at radius 3 is 2.32 bits per heavy atom. The van der Waals surface area contributed by atoms with Crippen LogP contribution in [-0.2, 0) is 0 Å². The van der Waals surface area contributed by atoms with Gasteiger partial charge in [0.1, 0.15) is 0 Å². The van der Waals surface area contributed by atoms with Crippen molar-refractivity contribution in [3.8, 4) is 0 Å². The summed E-state index contributed by atoms with van der Waals surface area (Å²) in [5.74, 6) is 0. The lowest BCUT2D eigenvalue weighted by Gasteiger charge is -2.41. The van der Waals surface area contributed by atoms with Crippen LogP contribution in [0.5, 0.6) is 0 Å². The van der Waals surface area contributed by atoms with E-state index >= 15 is 0 Å². The molecular formula is C17H26ClN. The second-order valence-electron chi connectivity index (χ2n) is 6.39. The molecule has 0 aliphatic heterocycles. The Balaban J connectivity index is 2.39. The van der Waals surface area contributed by atoms with Gasteiger partial charge < -0.3 is 5.32 Å². The molecule has 1 N–H and O–H groups in total. The molecule has 1 fully saturated rings. The van der Waals surface area contributed by atoms with Crippen molar-refractivity contribution in [2.75, 3.05) is 7.05 Å². The molecule has 0 amide bonds.